The number of hydrogen-bond donors (Lipinski definition) is 2. The van der Waals surface area contributed by atoms with Gasteiger partial charge in [-0.3, -0.25) is 9.52 Å². The summed E-state index contributed by atoms with van der Waals surface area (Å²) < 4.78 is 27.2. The number of piperazine rings is 1. The minimum atomic E-state index is -3.54. The number of nitrogens with zero attached hydrogens (tertiary/aromatic N) is 1. The van der Waals surface area contributed by atoms with Crippen molar-refractivity contribution in [1.82, 2.24) is 10.2 Å². The van der Waals surface area contributed by atoms with Crippen LogP contribution in [0.5, 0.6) is 0 Å². The molecule has 2 N–H and O–H groups in total. The minimum absolute atomic E-state index is 0.100. The van der Waals surface area contributed by atoms with Gasteiger partial charge in [0.15, 0.2) is 0 Å². The second kappa shape index (κ2) is 7.33. The molecule has 0 unspecified atom stereocenters. The van der Waals surface area contributed by atoms with Crippen LogP contribution in [0.1, 0.15) is 5.56 Å². The number of thiophene rings is 1. The maximum atomic E-state index is 12.2. The van der Waals surface area contributed by atoms with Crippen LogP contribution in [0.2, 0.25) is 0 Å². The van der Waals surface area contributed by atoms with Gasteiger partial charge in [-0.05, 0) is 29.1 Å². The molecular weight excluding hydrogens is 346 g/mol. The molecule has 2 heterocycles. The Morgan fingerprint density at radius 2 is 1.88 bits per heavy atom. The van der Waals surface area contributed by atoms with Crippen molar-refractivity contribution in [3.8, 4) is 0 Å². The molecule has 0 spiro atoms. The third-order valence-electron chi connectivity index (χ3n) is 3.79. The van der Waals surface area contributed by atoms with Gasteiger partial charge in [0.25, 0.3) is 10.0 Å². The highest BCUT2D eigenvalue weighted by Crippen LogP contribution is 2.20. The highest BCUT2D eigenvalue weighted by Gasteiger charge is 2.17. The summed E-state index contributed by atoms with van der Waals surface area (Å²) >= 11 is 1.17. The first-order chi connectivity index (χ1) is 11.5. The molecular formula is C16H19N3O3S2. The molecule has 1 fully saturated rings. The van der Waals surface area contributed by atoms with Crippen molar-refractivity contribution in [2.45, 2.75) is 10.6 Å². The van der Waals surface area contributed by atoms with E-state index >= 15 is 0 Å². The van der Waals surface area contributed by atoms with Crippen LogP contribution in [0.25, 0.3) is 0 Å². The Hall–Kier alpha value is -1.90. The van der Waals surface area contributed by atoms with E-state index in [1.54, 1.807) is 41.8 Å². The predicted octanol–water partition coefficient (Wildman–Crippen LogP) is 1.52. The zero-order valence-electron chi connectivity index (χ0n) is 13.1. The summed E-state index contributed by atoms with van der Waals surface area (Å²) in [6, 6.07) is 10.2. The highest BCUT2D eigenvalue weighted by molar-refractivity contribution is 7.94. The van der Waals surface area contributed by atoms with Gasteiger partial charge in [0.2, 0.25) is 5.91 Å². The summed E-state index contributed by atoms with van der Waals surface area (Å²) in [6.07, 6.45) is 0.331. The Morgan fingerprint density at radius 3 is 2.50 bits per heavy atom. The van der Waals surface area contributed by atoms with Gasteiger partial charge < -0.3 is 10.2 Å². The smallest absolute Gasteiger partial charge is 0.271 e. The Bertz CT molecular complexity index is 780. The highest BCUT2D eigenvalue weighted by atomic mass is 32.2. The molecule has 1 aliphatic heterocycles. The first-order valence-electron chi connectivity index (χ1n) is 7.68. The molecule has 24 heavy (non-hydrogen) atoms. The SMILES string of the molecule is O=C(Cc1ccc(NS(=O)(=O)c2cccs2)cc1)N1CCNCC1. The van der Waals surface area contributed by atoms with Crippen molar-refractivity contribution < 1.29 is 13.2 Å². The summed E-state index contributed by atoms with van der Waals surface area (Å²) in [4.78, 5) is 14.1. The van der Waals surface area contributed by atoms with Crippen molar-refractivity contribution in [2.24, 2.45) is 0 Å². The molecule has 0 aliphatic carbocycles. The van der Waals surface area contributed by atoms with E-state index in [1.165, 1.54) is 11.3 Å². The molecule has 6 nitrogen and oxygen atoms in total. The van der Waals surface area contributed by atoms with E-state index in [0.717, 1.165) is 31.7 Å². The maximum absolute atomic E-state index is 12.2. The number of carbonyl (C=O) groups excluding carboxylic acids is 1. The van der Waals surface area contributed by atoms with Crippen molar-refractivity contribution >= 4 is 33.0 Å². The standard InChI is InChI=1S/C16H19N3O3S2/c20-15(19-9-7-17-8-10-19)12-13-3-5-14(6-4-13)18-24(21,22)16-2-1-11-23-16/h1-6,11,17-18H,7-10,12H2. The van der Waals surface area contributed by atoms with Crippen molar-refractivity contribution in [2.75, 3.05) is 30.9 Å². The van der Waals surface area contributed by atoms with Crippen LogP contribution in [-0.4, -0.2) is 45.4 Å². The second-order valence-corrected chi connectivity index (χ2v) is 8.40. The topological polar surface area (TPSA) is 78.5 Å². The lowest BCUT2D eigenvalue weighted by atomic mass is 10.1. The molecule has 128 valence electrons. The zero-order chi connectivity index (χ0) is 17.0. The van der Waals surface area contributed by atoms with Crippen LogP contribution >= 0.6 is 11.3 Å². The molecule has 3 rings (SSSR count). The van der Waals surface area contributed by atoms with Gasteiger partial charge in [0.05, 0.1) is 6.42 Å². The Balaban J connectivity index is 1.62. The summed E-state index contributed by atoms with van der Waals surface area (Å²) in [5.74, 6) is 0.100. The number of sulfonamides is 1. The molecule has 1 saturated heterocycles. The van der Waals surface area contributed by atoms with Crippen LogP contribution in [0.3, 0.4) is 0 Å². The van der Waals surface area contributed by atoms with Crippen molar-refractivity contribution in [3.05, 3.63) is 47.3 Å². The average Bonchev–Trinajstić information content (AvgIpc) is 3.13. The van der Waals surface area contributed by atoms with Crippen LogP contribution in [-0.2, 0) is 21.2 Å². The summed E-state index contributed by atoms with van der Waals surface area (Å²) in [5.41, 5.74) is 1.36. The number of hydrogen-bond acceptors (Lipinski definition) is 5. The molecule has 2 aromatic rings. The number of anilines is 1. The Labute approximate surface area is 145 Å². The quantitative estimate of drug-likeness (QED) is 0.842. The second-order valence-electron chi connectivity index (χ2n) is 5.54. The first kappa shape index (κ1) is 16.9. The largest absolute Gasteiger partial charge is 0.340 e. The van der Waals surface area contributed by atoms with Gasteiger partial charge in [0.1, 0.15) is 4.21 Å². The van der Waals surface area contributed by atoms with Crippen molar-refractivity contribution in [1.29, 1.82) is 0 Å². The van der Waals surface area contributed by atoms with Crippen molar-refractivity contribution in [3.63, 3.8) is 0 Å². The number of benzene rings is 1. The maximum Gasteiger partial charge on any atom is 0.271 e. The Morgan fingerprint density at radius 1 is 1.17 bits per heavy atom. The van der Waals surface area contributed by atoms with E-state index in [9.17, 15) is 13.2 Å². The van der Waals surface area contributed by atoms with Gasteiger partial charge in [0, 0.05) is 31.9 Å². The van der Waals surface area contributed by atoms with Crippen LogP contribution in [0.4, 0.5) is 5.69 Å². The Kier molecular flexibility index (Phi) is 5.17. The molecule has 0 atom stereocenters. The van der Waals surface area contributed by atoms with Gasteiger partial charge in [-0.15, -0.1) is 11.3 Å². The summed E-state index contributed by atoms with van der Waals surface area (Å²) in [6.45, 7) is 3.12. The lowest BCUT2D eigenvalue weighted by Gasteiger charge is -2.27. The summed E-state index contributed by atoms with van der Waals surface area (Å²) in [5, 5.41) is 4.94. The molecule has 1 aromatic carbocycles. The van der Waals surface area contributed by atoms with Crippen LogP contribution in [0.15, 0.2) is 46.0 Å². The summed E-state index contributed by atoms with van der Waals surface area (Å²) in [7, 11) is -3.54. The van der Waals surface area contributed by atoms with E-state index in [0.29, 0.717) is 12.1 Å². The minimum Gasteiger partial charge on any atom is -0.340 e. The molecule has 1 aromatic heterocycles. The van der Waals surface area contributed by atoms with Gasteiger partial charge in [-0.1, -0.05) is 18.2 Å². The first-order valence-corrected chi connectivity index (χ1v) is 10.0. The molecule has 0 saturated carbocycles. The van der Waals surface area contributed by atoms with Gasteiger partial charge >= 0.3 is 0 Å². The van der Waals surface area contributed by atoms with E-state index in [2.05, 4.69) is 10.0 Å². The fourth-order valence-corrected chi connectivity index (χ4v) is 4.56. The molecule has 0 bridgehead atoms. The predicted molar refractivity (Wildman–Crippen MR) is 94.7 cm³/mol. The van der Waals surface area contributed by atoms with Gasteiger partial charge in [-0.25, -0.2) is 8.42 Å². The fourth-order valence-electron chi connectivity index (χ4n) is 2.51. The number of amides is 1. The third-order valence-corrected chi connectivity index (χ3v) is 6.57. The fraction of sp³-hybridized carbons (Fsp3) is 0.312. The molecule has 8 heteroatoms. The van der Waals surface area contributed by atoms with Crippen LogP contribution in [0, 0.1) is 0 Å². The number of carbonyl (C=O) groups is 1. The normalized spacial score (nSPS) is 15.2. The molecule has 0 radical (unpaired) electrons. The molecule has 1 amide bonds. The van der Waals surface area contributed by atoms with E-state index in [-0.39, 0.29) is 10.1 Å². The lowest BCUT2D eigenvalue weighted by Crippen LogP contribution is -2.46. The monoisotopic (exact) mass is 365 g/mol. The molecule has 1 aliphatic rings. The van der Waals surface area contributed by atoms with Gasteiger partial charge in [-0.2, -0.15) is 0 Å². The average molecular weight is 365 g/mol. The van der Waals surface area contributed by atoms with E-state index in [1.807, 2.05) is 4.90 Å². The zero-order valence-corrected chi connectivity index (χ0v) is 14.7. The number of rotatable bonds is 5. The van der Waals surface area contributed by atoms with E-state index in [4.69, 9.17) is 0 Å². The third kappa shape index (κ3) is 4.14. The van der Waals surface area contributed by atoms with E-state index < -0.39 is 10.0 Å². The van der Waals surface area contributed by atoms with Crippen LogP contribution < -0.4 is 10.0 Å². The number of nitrogens with one attached hydrogen (secondary N) is 2. The lowest BCUT2D eigenvalue weighted by molar-refractivity contribution is -0.131.